The van der Waals surface area contributed by atoms with E-state index < -0.39 is 0 Å². The molecule has 1 aromatic carbocycles. The number of aromatic nitrogens is 2. The van der Waals surface area contributed by atoms with Gasteiger partial charge in [-0.15, -0.1) is 0 Å². The Morgan fingerprint density at radius 3 is 3.06 bits per heavy atom. The first kappa shape index (κ1) is 11.3. The Kier molecular flexibility index (Phi) is 2.77. The molecule has 90 valence electrons. The molecule has 2 N–H and O–H groups in total. The summed E-state index contributed by atoms with van der Waals surface area (Å²) in [5.74, 6) is -0.204. The summed E-state index contributed by atoms with van der Waals surface area (Å²) in [6, 6.07) is 8.92. The minimum atomic E-state index is -0.204. The first-order valence-corrected chi connectivity index (χ1v) is 6.43. The Morgan fingerprint density at radius 1 is 1.39 bits per heavy atom. The number of nitrogens with zero attached hydrogens (tertiary/aromatic N) is 1. The lowest BCUT2D eigenvalue weighted by atomic mass is 10.3. The van der Waals surface area contributed by atoms with Crippen LogP contribution in [0.2, 0.25) is 5.02 Å². The van der Waals surface area contributed by atoms with Crippen molar-refractivity contribution in [3.8, 4) is 0 Å². The highest BCUT2D eigenvalue weighted by Gasteiger charge is 2.10. The second-order valence-corrected chi connectivity index (χ2v) is 5.14. The van der Waals surface area contributed by atoms with Crippen molar-refractivity contribution < 1.29 is 4.79 Å². The average Bonchev–Trinajstić information content (AvgIpc) is 2.95. The zero-order chi connectivity index (χ0) is 12.5. The zero-order valence-electron chi connectivity index (χ0n) is 9.11. The van der Waals surface area contributed by atoms with E-state index in [4.69, 9.17) is 11.6 Å². The molecule has 0 spiro atoms. The first-order valence-electron chi connectivity index (χ1n) is 5.23. The van der Waals surface area contributed by atoms with E-state index in [1.165, 1.54) is 11.3 Å². The van der Waals surface area contributed by atoms with Crippen LogP contribution >= 0.6 is 22.9 Å². The summed E-state index contributed by atoms with van der Waals surface area (Å²) in [5, 5.41) is 3.97. The molecular formula is C12H8ClN3OS. The molecule has 0 aliphatic carbocycles. The van der Waals surface area contributed by atoms with E-state index in [0.29, 0.717) is 15.8 Å². The Morgan fingerprint density at radius 2 is 2.28 bits per heavy atom. The van der Waals surface area contributed by atoms with Gasteiger partial charge in [-0.3, -0.25) is 10.1 Å². The molecule has 6 heteroatoms. The third-order valence-electron chi connectivity index (χ3n) is 2.41. The number of halogens is 1. The quantitative estimate of drug-likeness (QED) is 0.753. The second kappa shape index (κ2) is 4.44. The SMILES string of the molecule is O=C(Nc1nc2ccc(Cl)cc2s1)c1ccc[nH]1. The minimum Gasteiger partial charge on any atom is -0.357 e. The van der Waals surface area contributed by atoms with Crippen LogP contribution in [0.3, 0.4) is 0 Å². The molecule has 0 saturated heterocycles. The fourth-order valence-corrected chi connectivity index (χ4v) is 2.72. The number of aromatic amines is 1. The number of hydrogen-bond acceptors (Lipinski definition) is 3. The zero-order valence-corrected chi connectivity index (χ0v) is 10.7. The molecule has 2 heterocycles. The van der Waals surface area contributed by atoms with Crippen LogP contribution in [0.5, 0.6) is 0 Å². The molecule has 4 nitrogen and oxygen atoms in total. The highest BCUT2D eigenvalue weighted by atomic mass is 35.5. The van der Waals surface area contributed by atoms with Crippen molar-refractivity contribution in [1.82, 2.24) is 9.97 Å². The predicted octanol–water partition coefficient (Wildman–Crippen LogP) is 3.53. The smallest absolute Gasteiger partial charge is 0.273 e. The summed E-state index contributed by atoms with van der Waals surface area (Å²) in [5.41, 5.74) is 1.33. The van der Waals surface area contributed by atoms with Crippen LogP contribution in [0, 0.1) is 0 Å². The Labute approximate surface area is 112 Å². The molecule has 0 bridgehead atoms. The number of rotatable bonds is 2. The van der Waals surface area contributed by atoms with Gasteiger partial charge in [-0.05, 0) is 30.3 Å². The van der Waals surface area contributed by atoms with Crippen molar-refractivity contribution in [2.24, 2.45) is 0 Å². The molecule has 1 amide bonds. The molecule has 0 unspecified atom stereocenters. The number of nitrogens with one attached hydrogen (secondary N) is 2. The van der Waals surface area contributed by atoms with Crippen LogP contribution in [-0.2, 0) is 0 Å². The van der Waals surface area contributed by atoms with Gasteiger partial charge in [0.15, 0.2) is 5.13 Å². The van der Waals surface area contributed by atoms with Gasteiger partial charge < -0.3 is 4.98 Å². The van der Waals surface area contributed by atoms with Gasteiger partial charge in [0.2, 0.25) is 0 Å². The monoisotopic (exact) mass is 277 g/mol. The Balaban J connectivity index is 1.89. The predicted molar refractivity (Wildman–Crippen MR) is 73.4 cm³/mol. The lowest BCUT2D eigenvalue weighted by Crippen LogP contribution is -2.11. The number of amides is 1. The number of H-pyrrole nitrogens is 1. The average molecular weight is 278 g/mol. The number of fused-ring (bicyclic) bond motifs is 1. The van der Waals surface area contributed by atoms with Gasteiger partial charge in [-0.1, -0.05) is 22.9 Å². The largest absolute Gasteiger partial charge is 0.357 e. The Bertz CT molecular complexity index is 705. The topological polar surface area (TPSA) is 57.8 Å². The highest BCUT2D eigenvalue weighted by Crippen LogP contribution is 2.28. The minimum absolute atomic E-state index is 0.204. The molecule has 2 aromatic heterocycles. The molecule has 0 aliphatic rings. The maximum atomic E-state index is 11.8. The van der Waals surface area contributed by atoms with Gasteiger partial charge in [0.1, 0.15) is 5.69 Å². The second-order valence-electron chi connectivity index (χ2n) is 3.67. The van der Waals surface area contributed by atoms with E-state index in [1.54, 1.807) is 24.4 Å². The van der Waals surface area contributed by atoms with Crippen LogP contribution in [0.15, 0.2) is 36.5 Å². The van der Waals surface area contributed by atoms with E-state index in [-0.39, 0.29) is 5.91 Å². The summed E-state index contributed by atoms with van der Waals surface area (Å²) < 4.78 is 0.948. The van der Waals surface area contributed by atoms with E-state index in [1.807, 2.05) is 12.1 Å². The van der Waals surface area contributed by atoms with Crippen LogP contribution in [-0.4, -0.2) is 15.9 Å². The van der Waals surface area contributed by atoms with Crippen molar-refractivity contribution in [2.75, 3.05) is 5.32 Å². The van der Waals surface area contributed by atoms with E-state index in [0.717, 1.165) is 10.2 Å². The molecule has 0 fully saturated rings. The maximum Gasteiger partial charge on any atom is 0.273 e. The summed E-state index contributed by atoms with van der Waals surface area (Å²) in [6.45, 7) is 0. The third kappa shape index (κ3) is 2.10. The lowest BCUT2D eigenvalue weighted by Gasteiger charge is -1.97. The molecule has 0 atom stereocenters. The lowest BCUT2D eigenvalue weighted by molar-refractivity contribution is 0.102. The Hall–Kier alpha value is -1.85. The van der Waals surface area contributed by atoms with Gasteiger partial charge in [0.25, 0.3) is 5.91 Å². The van der Waals surface area contributed by atoms with Crippen molar-refractivity contribution in [2.45, 2.75) is 0 Å². The van der Waals surface area contributed by atoms with Gasteiger partial charge in [0.05, 0.1) is 10.2 Å². The summed E-state index contributed by atoms with van der Waals surface area (Å²) in [4.78, 5) is 19.0. The standard InChI is InChI=1S/C12H8ClN3OS/c13-7-3-4-8-10(6-7)18-12(15-8)16-11(17)9-2-1-5-14-9/h1-6,14H,(H,15,16,17). The molecule has 3 rings (SSSR count). The van der Waals surface area contributed by atoms with E-state index in [2.05, 4.69) is 15.3 Å². The molecule has 18 heavy (non-hydrogen) atoms. The summed E-state index contributed by atoms with van der Waals surface area (Å²) >= 11 is 7.30. The third-order valence-corrected chi connectivity index (χ3v) is 3.58. The molecule has 0 saturated carbocycles. The van der Waals surface area contributed by atoms with Crippen molar-refractivity contribution in [3.05, 3.63) is 47.2 Å². The van der Waals surface area contributed by atoms with Gasteiger partial charge >= 0.3 is 0 Å². The fourth-order valence-electron chi connectivity index (χ4n) is 1.59. The van der Waals surface area contributed by atoms with E-state index in [9.17, 15) is 4.79 Å². The van der Waals surface area contributed by atoms with Crippen LogP contribution < -0.4 is 5.32 Å². The molecule has 0 aliphatic heterocycles. The van der Waals surface area contributed by atoms with E-state index >= 15 is 0 Å². The van der Waals surface area contributed by atoms with Crippen molar-refractivity contribution in [1.29, 1.82) is 0 Å². The van der Waals surface area contributed by atoms with Gasteiger partial charge in [0, 0.05) is 11.2 Å². The van der Waals surface area contributed by atoms with Gasteiger partial charge in [-0.25, -0.2) is 4.98 Å². The van der Waals surface area contributed by atoms with Gasteiger partial charge in [-0.2, -0.15) is 0 Å². The summed E-state index contributed by atoms with van der Waals surface area (Å²) in [6.07, 6.45) is 1.70. The number of benzene rings is 1. The van der Waals surface area contributed by atoms with Crippen molar-refractivity contribution >= 4 is 44.2 Å². The number of anilines is 1. The number of thiazole rings is 1. The van der Waals surface area contributed by atoms with Crippen LogP contribution in [0.1, 0.15) is 10.5 Å². The fraction of sp³-hybridized carbons (Fsp3) is 0. The number of carbonyl (C=O) groups is 1. The molecule has 0 radical (unpaired) electrons. The van der Waals surface area contributed by atoms with Crippen molar-refractivity contribution in [3.63, 3.8) is 0 Å². The van der Waals surface area contributed by atoms with Crippen LogP contribution in [0.4, 0.5) is 5.13 Å². The molecular weight excluding hydrogens is 270 g/mol. The maximum absolute atomic E-state index is 11.8. The molecule has 3 aromatic rings. The normalized spacial score (nSPS) is 10.7. The first-order chi connectivity index (χ1) is 8.72. The van der Waals surface area contributed by atoms with Crippen LogP contribution in [0.25, 0.3) is 10.2 Å². The summed E-state index contributed by atoms with van der Waals surface area (Å²) in [7, 11) is 0. The highest BCUT2D eigenvalue weighted by molar-refractivity contribution is 7.22. The number of hydrogen-bond donors (Lipinski definition) is 2. The number of carbonyl (C=O) groups excluding carboxylic acids is 1.